The Morgan fingerprint density at radius 1 is 1.16 bits per heavy atom. The third kappa shape index (κ3) is 1.92. The zero-order valence-corrected chi connectivity index (χ0v) is 11.4. The first-order valence-electron chi connectivity index (χ1n) is 6.30. The number of hydrogen-bond donors (Lipinski definition) is 1. The van der Waals surface area contributed by atoms with Gasteiger partial charge >= 0.3 is 0 Å². The zero-order chi connectivity index (χ0) is 13.5. The standard InChI is InChI=1S/C16H15ClO2/c1-19-15-7-6-12(17)10-14(15)16(18)9-8-11-4-2-3-5-13(11)16/h2-7,10,18H,8-9H2,1H3. The molecular weight excluding hydrogens is 260 g/mol. The molecule has 1 unspecified atom stereocenters. The van der Waals surface area contributed by atoms with E-state index in [4.69, 9.17) is 16.3 Å². The molecule has 0 aromatic heterocycles. The number of rotatable bonds is 2. The maximum absolute atomic E-state index is 11.1. The average Bonchev–Trinajstić information content (AvgIpc) is 2.78. The number of methoxy groups -OCH3 is 1. The van der Waals surface area contributed by atoms with Crippen LogP contribution in [0.3, 0.4) is 0 Å². The van der Waals surface area contributed by atoms with Crippen molar-refractivity contribution in [2.45, 2.75) is 18.4 Å². The van der Waals surface area contributed by atoms with Gasteiger partial charge in [0.05, 0.1) is 7.11 Å². The summed E-state index contributed by atoms with van der Waals surface area (Å²) in [6.45, 7) is 0. The van der Waals surface area contributed by atoms with Crippen LogP contribution in [0.2, 0.25) is 5.02 Å². The van der Waals surface area contributed by atoms with E-state index in [1.807, 2.05) is 18.2 Å². The monoisotopic (exact) mass is 274 g/mol. The number of ether oxygens (including phenoxy) is 1. The number of hydrogen-bond acceptors (Lipinski definition) is 2. The number of aryl methyl sites for hydroxylation is 1. The van der Waals surface area contributed by atoms with Crippen LogP contribution in [-0.4, -0.2) is 12.2 Å². The van der Waals surface area contributed by atoms with Gasteiger partial charge in [-0.05, 0) is 42.2 Å². The van der Waals surface area contributed by atoms with Gasteiger partial charge < -0.3 is 9.84 Å². The van der Waals surface area contributed by atoms with Gasteiger partial charge in [-0.3, -0.25) is 0 Å². The Bertz CT molecular complexity index is 624. The van der Waals surface area contributed by atoms with Crippen molar-refractivity contribution in [2.24, 2.45) is 0 Å². The van der Waals surface area contributed by atoms with Gasteiger partial charge in [0.25, 0.3) is 0 Å². The van der Waals surface area contributed by atoms with Crippen molar-refractivity contribution in [1.82, 2.24) is 0 Å². The Morgan fingerprint density at radius 2 is 1.95 bits per heavy atom. The van der Waals surface area contributed by atoms with Crippen molar-refractivity contribution in [3.05, 3.63) is 64.2 Å². The molecule has 98 valence electrons. The van der Waals surface area contributed by atoms with E-state index in [0.717, 1.165) is 17.5 Å². The van der Waals surface area contributed by atoms with E-state index in [1.54, 1.807) is 25.3 Å². The first-order valence-corrected chi connectivity index (χ1v) is 6.68. The zero-order valence-electron chi connectivity index (χ0n) is 10.7. The Kier molecular flexibility index (Phi) is 3.00. The molecule has 1 atom stereocenters. The number of benzene rings is 2. The molecule has 0 aliphatic heterocycles. The van der Waals surface area contributed by atoms with Gasteiger partial charge in [-0.25, -0.2) is 0 Å². The minimum absolute atomic E-state index is 0.605. The predicted octanol–water partition coefficient (Wildman–Crippen LogP) is 3.53. The van der Waals surface area contributed by atoms with Crippen LogP contribution in [0.4, 0.5) is 0 Å². The van der Waals surface area contributed by atoms with Crippen LogP contribution in [0, 0.1) is 0 Å². The van der Waals surface area contributed by atoms with Crippen molar-refractivity contribution in [1.29, 1.82) is 0 Å². The quantitative estimate of drug-likeness (QED) is 0.908. The van der Waals surface area contributed by atoms with E-state index >= 15 is 0 Å². The molecule has 3 heteroatoms. The molecule has 0 heterocycles. The highest BCUT2D eigenvalue weighted by Gasteiger charge is 2.40. The minimum atomic E-state index is -1.01. The van der Waals surface area contributed by atoms with Gasteiger partial charge in [0.1, 0.15) is 11.4 Å². The largest absolute Gasteiger partial charge is 0.496 e. The summed E-state index contributed by atoms with van der Waals surface area (Å²) in [7, 11) is 1.61. The van der Waals surface area contributed by atoms with Crippen LogP contribution in [0.5, 0.6) is 5.75 Å². The van der Waals surface area contributed by atoms with Crippen molar-refractivity contribution in [3.8, 4) is 5.75 Å². The average molecular weight is 275 g/mol. The molecule has 0 radical (unpaired) electrons. The summed E-state index contributed by atoms with van der Waals surface area (Å²) in [4.78, 5) is 0. The van der Waals surface area contributed by atoms with Crippen LogP contribution in [0.1, 0.15) is 23.1 Å². The van der Waals surface area contributed by atoms with Gasteiger partial charge in [0, 0.05) is 10.6 Å². The summed E-state index contributed by atoms with van der Waals surface area (Å²) in [6, 6.07) is 13.4. The van der Waals surface area contributed by atoms with Gasteiger partial charge in [-0.2, -0.15) is 0 Å². The van der Waals surface area contributed by atoms with E-state index < -0.39 is 5.60 Å². The van der Waals surface area contributed by atoms with Gasteiger partial charge in [0.2, 0.25) is 0 Å². The molecule has 0 saturated carbocycles. The maximum atomic E-state index is 11.1. The fraction of sp³-hybridized carbons (Fsp3) is 0.250. The summed E-state index contributed by atoms with van der Waals surface area (Å²) in [5, 5.41) is 11.7. The normalized spacial score (nSPS) is 21.2. The molecule has 0 saturated heterocycles. The third-order valence-electron chi connectivity index (χ3n) is 3.83. The first-order chi connectivity index (χ1) is 9.15. The lowest BCUT2D eigenvalue weighted by atomic mass is 9.87. The molecule has 3 rings (SSSR count). The van der Waals surface area contributed by atoms with Crippen molar-refractivity contribution >= 4 is 11.6 Å². The van der Waals surface area contributed by atoms with Crippen molar-refractivity contribution in [2.75, 3.05) is 7.11 Å². The highest BCUT2D eigenvalue weighted by molar-refractivity contribution is 6.30. The van der Waals surface area contributed by atoms with Crippen molar-refractivity contribution < 1.29 is 9.84 Å². The van der Waals surface area contributed by atoms with Gasteiger partial charge in [-0.15, -0.1) is 0 Å². The third-order valence-corrected chi connectivity index (χ3v) is 4.06. The molecule has 2 aromatic carbocycles. The molecule has 1 aliphatic carbocycles. The molecule has 1 N–H and O–H groups in total. The summed E-state index contributed by atoms with van der Waals surface area (Å²) in [5.41, 5.74) is 1.88. The Hall–Kier alpha value is -1.51. The number of halogens is 1. The van der Waals surface area contributed by atoms with Crippen LogP contribution in [0.15, 0.2) is 42.5 Å². The van der Waals surface area contributed by atoms with Crippen LogP contribution >= 0.6 is 11.6 Å². The lowest BCUT2D eigenvalue weighted by Gasteiger charge is -2.26. The fourth-order valence-corrected chi connectivity index (χ4v) is 3.05. The van der Waals surface area contributed by atoms with Gasteiger partial charge in [0.15, 0.2) is 0 Å². The van der Waals surface area contributed by atoms with Gasteiger partial charge in [-0.1, -0.05) is 35.9 Å². The molecule has 0 fully saturated rings. The summed E-state index contributed by atoms with van der Waals surface area (Å²) in [5.74, 6) is 0.670. The van der Waals surface area contributed by atoms with Crippen LogP contribution in [-0.2, 0) is 12.0 Å². The van der Waals surface area contributed by atoms with Crippen LogP contribution < -0.4 is 4.74 Å². The van der Waals surface area contributed by atoms with E-state index in [-0.39, 0.29) is 0 Å². The molecule has 2 nitrogen and oxygen atoms in total. The molecular formula is C16H15ClO2. The topological polar surface area (TPSA) is 29.5 Å². The lowest BCUT2D eigenvalue weighted by Crippen LogP contribution is -2.24. The molecule has 0 spiro atoms. The molecule has 0 amide bonds. The summed E-state index contributed by atoms with van der Waals surface area (Å²) in [6.07, 6.45) is 1.52. The second-order valence-corrected chi connectivity index (χ2v) is 5.30. The van der Waals surface area contributed by atoms with Crippen molar-refractivity contribution in [3.63, 3.8) is 0 Å². The second-order valence-electron chi connectivity index (χ2n) is 4.86. The van der Waals surface area contributed by atoms with Crippen LogP contribution in [0.25, 0.3) is 0 Å². The van der Waals surface area contributed by atoms with E-state index in [0.29, 0.717) is 17.2 Å². The Labute approximate surface area is 117 Å². The van der Waals surface area contributed by atoms with E-state index in [2.05, 4.69) is 6.07 Å². The van der Waals surface area contributed by atoms with E-state index in [9.17, 15) is 5.11 Å². The minimum Gasteiger partial charge on any atom is -0.496 e. The Balaban J connectivity index is 2.20. The highest BCUT2D eigenvalue weighted by atomic mass is 35.5. The second kappa shape index (κ2) is 4.55. The van der Waals surface area contributed by atoms with E-state index in [1.165, 1.54) is 5.56 Å². The lowest BCUT2D eigenvalue weighted by molar-refractivity contribution is 0.0800. The number of fused-ring (bicyclic) bond motifs is 1. The number of aliphatic hydroxyl groups is 1. The molecule has 19 heavy (non-hydrogen) atoms. The summed E-state index contributed by atoms with van der Waals surface area (Å²) < 4.78 is 5.37. The SMILES string of the molecule is COc1ccc(Cl)cc1C1(O)CCc2ccccc21. The summed E-state index contributed by atoms with van der Waals surface area (Å²) >= 11 is 6.07. The molecule has 2 aromatic rings. The molecule has 0 bridgehead atoms. The smallest absolute Gasteiger partial charge is 0.125 e. The fourth-order valence-electron chi connectivity index (χ4n) is 2.88. The predicted molar refractivity (Wildman–Crippen MR) is 75.8 cm³/mol. The molecule has 1 aliphatic rings. The maximum Gasteiger partial charge on any atom is 0.125 e. The Morgan fingerprint density at radius 3 is 2.74 bits per heavy atom. The first kappa shape index (κ1) is 12.5. The highest BCUT2D eigenvalue weighted by Crippen LogP contribution is 2.45.